The smallest absolute Gasteiger partial charge is 0.306 e. The maximum Gasteiger partial charge on any atom is 0.306 e. The molecule has 6 aliphatic heterocycles. The summed E-state index contributed by atoms with van der Waals surface area (Å²) < 4.78 is 33.8. The minimum atomic E-state index is -2.34. The van der Waals surface area contributed by atoms with E-state index in [0.29, 0.717) is 5.56 Å². The van der Waals surface area contributed by atoms with Crippen LogP contribution in [-0.2, 0) is 63.7 Å². The maximum absolute atomic E-state index is 15.1. The topological polar surface area (TPSA) is 602 Å². The number of amides is 6. The van der Waals surface area contributed by atoms with Gasteiger partial charge in [0.05, 0.1) is 38.4 Å². The first kappa shape index (κ1) is 74.8. The molecule has 0 aromatic heterocycles. The third kappa shape index (κ3) is 17.5. The standard InChI is InChI=1S/C58H86N12O26/c1-21(2)13-33(75)94-47-39(78)30(19-72)92-56(45(47)84)95-46-31(20-73)93-55(44(83)41(46)80)91-25-11-9-23(10-12-25)14-26-49(86)68-35(37(76)27-15-62-57(59)66-27)52(89)69-36(38(77)29-16-63-58(60)70(29)53-42(81)40(79)43(82)54(90)96-53)51(88)65-28(18-71)48(85)61-17-32(74)67-34(50(87)64-26)22(3)24-7-5-4-6-8-24/h4-12,21-22,26-31,34-47,53-56,58,63,71-73,76-84,90H,13-20,60H2,1-3H3,(H,61,85)(H,64,87)(H,65,88)(H,67,74)(H,68,86)(H,69,89)(H3,59,62,66)/t22-,26+,27-,28-,29-,30+,31+,34-,35-,36+,37-,38-,39+,40+,41+,42-,43-,44-,45-,46+,47-,53-,54-,55-,56+,58?/m0/s1. The number of aliphatic hydroxyl groups is 13. The number of benzene rings is 2. The monoisotopic (exact) mass is 1370 g/mol. The summed E-state index contributed by atoms with van der Waals surface area (Å²) in [6.07, 6.45) is -34.2. The van der Waals surface area contributed by atoms with Crippen LogP contribution in [0.15, 0.2) is 59.6 Å². The molecule has 5 fully saturated rings. The molecule has 6 amide bonds. The van der Waals surface area contributed by atoms with Crippen molar-refractivity contribution in [3.05, 3.63) is 65.7 Å². The van der Waals surface area contributed by atoms with Crippen molar-refractivity contribution in [3.8, 4) is 5.75 Å². The van der Waals surface area contributed by atoms with Crippen molar-refractivity contribution >= 4 is 47.4 Å². The van der Waals surface area contributed by atoms with Crippen molar-refractivity contribution in [2.45, 2.75) is 193 Å². The number of nitrogens with zero attached hydrogens (tertiary/aromatic N) is 2. The number of carbonyl (C=O) groups excluding carboxylic acids is 7. The van der Waals surface area contributed by atoms with Gasteiger partial charge in [-0.2, -0.15) is 0 Å². The van der Waals surface area contributed by atoms with Crippen LogP contribution in [0.25, 0.3) is 0 Å². The Morgan fingerprint density at radius 2 is 1.26 bits per heavy atom. The van der Waals surface area contributed by atoms with E-state index in [-0.39, 0.29) is 36.2 Å². The molecule has 6 heterocycles. The van der Waals surface area contributed by atoms with Crippen LogP contribution in [0.5, 0.6) is 5.75 Å². The van der Waals surface area contributed by atoms with Crippen LogP contribution in [0.4, 0.5) is 0 Å². The molecule has 38 heteroatoms. The van der Waals surface area contributed by atoms with Gasteiger partial charge in [0, 0.05) is 31.8 Å². The van der Waals surface area contributed by atoms with Crippen LogP contribution in [0.2, 0.25) is 0 Å². The highest BCUT2D eigenvalue weighted by atomic mass is 16.7. The van der Waals surface area contributed by atoms with Gasteiger partial charge in [-0.3, -0.25) is 38.9 Å². The molecule has 1 unspecified atom stereocenters. The lowest BCUT2D eigenvalue weighted by atomic mass is 9.92. The van der Waals surface area contributed by atoms with E-state index in [1.807, 2.05) is 0 Å². The second kappa shape index (κ2) is 33.0. The molecule has 5 saturated heterocycles. The second-order valence-electron chi connectivity index (χ2n) is 24.5. The molecule has 0 radical (unpaired) electrons. The number of aliphatic imine (C=N–C) groups is 1. The highest BCUT2D eigenvalue weighted by Gasteiger charge is 2.55. The van der Waals surface area contributed by atoms with Crippen molar-refractivity contribution in [1.82, 2.24) is 47.4 Å². The molecule has 0 saturated carbocycles. The summed E-state index contributed by atoms with van der Waals surface area (Å²) in [7, 11) is 0. The van der Waals surface area contributed by atoms with E-state index in [2.05, 4.69) is 47.5 Å². The lowest BCUT2D eigenvalue weighted by molar-refractivity contribution is -0.353. The predicted molar refractivity (Wildman–Crippen MR) is 321 cm³/mol. The summed E-state index contributed by atoms with van der Waals surface area (Å²) in [5.41, 5.74) is 12.9. The van der Waals surface area contributed by atoms with Gasteiger partial charge in [0.1, 0.15) is 122 Å². The zero-order valence-corrected chi connectivity index (χ0v) is 52.1. The van der Waals surface area contributed by atoms with Gasteiger partial charge >= 0.3 is 5.97 Å². The molecule has 534 valence electrons. The lowest BCUT2D eigenvalue weighted by Gasteiger charge is -2.46. The van der Waals surface area contributed by atoms with Crippen molar-refractivity contribution in [2.24, 2.45) is 22.4 Å². The number of aliphatic hydroxyl groups excluding tert-OH is 13. The van der Waals surface area contributed by atoms with Crippen molar-refractivity contribution in [1.29, 1.82) is 0 Å². The van der Waals surface area contributed by atoms with E-state index in [4.69, 9.17) is 39.9 Å². The Bertz CT molecular complexity index is 3020. The van der Waals surface area contributed by atoms with Gasteiger partial charge in [-0.15, -0.1) is 0 Å². The maximum atomic E-state index is 15.1. The highest BCUT2D eigenvalue weighted by Crippen LogP contribution is 2.33. The fraction of sp³-hybridized carbons (Fsp3) is 0.655. The molecule has 0 aliphatic carbocycles. The van der Waals surface area contributed by atoms with Crippen LogP contribution < -0.4 is 58.7 Å². The van der Waals surface area contributed by atoms with Crippen molar-refractivity contribution in [2.75, 3.05) is 39.5 Å². The number of esters is 1. The first-order valence-electron chi connectivity index (χ1n) is 30.9. The second-order valence-corrected chi connectivity index (χ2v) is 24.5. The van der Waals surface area contributed by atoms with Crippen molar-refractivity contribution < 1.29 is 128 Å². The molecule has 26 atom stereocenters. The van der Waals surface area contributed by atoms with E-state index < -0.39 is 240 Å². The molecule has 38 nitrogen and oxygen atoms in total. The molecule has 2 aromatic carbocycles. The SMILES string of the molecule is CC(C)CC(=O)O[C@@H]1[C@H](O)[C@@H](O[C@H]2[C@H](O)[C@H](O)[C@@H](Oc3ccc(C[C@H]4NC(=O)[C@H]([C@@H](C)c5ccccc5)NC(=O)CNC(=O)[C@H](CO)NC(=O)[C@@H]([C@@H](O)[C@@H]5CNC(N)N5[C@H]5O[C@H](O)[C@@H](O)[C@H](O)[C@@H]5O)NC(=O)[C@H]([C@@H](O)[C@@H]5CNC(N)=N5)NC4=O)cc3)O[C@@H]2CO)O[C@H](CO)[C@H]1O. The normalized spacial score (nSPS) is 37.2. The lowest BCUT2D eigenvalue weighted by Crippen LogP contribution is -2.70. The van der Waals surface area contributed by atoms with Crippen LogP contribution >= 0.6 is 0 Å². The molecule has 0 bridgehead atoms. The van der Waals surface area contributed by atoms with Gasteiger partial charge in [0.2, 0.25) is 41.7 Å². The Balaban J connectivity index is 1.09. The number of carbonyl (C=O) groups is 7. The summed E-state index contributed by atoms with van der Waals surface area (Å²) >= 11 is 0. The molecule has 96 heavy (non-hydrogen) atoms. The summed E-state index contributed by atoms with van der Waals surface area (Å²) in [6, 6.07) is 0.764. The molecule has 8 rings (SSSR count). The number of hydrogen-bond acceptors (Lipinski definition) is 32. The Hall–Kier alpha value is -7.00. The van der Waals surface area contributed by atoms with E-state index >= 15 is 9.59 Å². The van der Waals surface area contributed by atoms with Crippen molar-refractivity contribution in [3.63, 3.8) is 0 Å². The summed E-state index contributed by atoms with van der Waals surface area (Å²) in [5.74, 6) is -9.52. The molecular formula is C58H86N12O26. The van der Waals surface area contributed by atoms with Gasteiger partial charge in [-0.25, -0.2) is 9.89 Å². The van der Waals surface area contributed by atoms with Gasteiger partial charge in [-0.1, -0.05) is 63.2 Å². The minimum Gasteiger partial charge on any atom is -0.462 e. The fourth-order valence-corrected chi connectivity index (χ4v) is 11.8. The van der Waals surface area contributed by atoms with Crippen LogP contribution in [0.1, 0.15) is 44.2 Å². The van der Waals surface area contributed by atoms with E-state index in [1.165, 1.54) is 24.3 Å². The fourth-order valence-electron chi connectivity index (χ4n) is 11.8. The Morgan fingerprint density at radius 3 is 1.90 bits per heavy atom. The molecular weight excluding hydrogens is 1280 g/mol. The number of hydrogen-bond donors (Lipinski definition) is 23. The average molecular weight is 1370 g/mol. The third-order valence-corrected chi connectivity index (χ3v) is 17.2. The Labute approximate surface area is 547 Å². The van der Waals surface area contributed by atoms with E-state index in [1.54, 1.807) is 51.1 Å². The molecule has 2 aromatic rings. The summed E-state index contributed by atoms with van der Waals surface area (Å²) in [5, 5.41) is 162. The molecule has 0 spiro atoms. The predicted octanol–water partition coefficient (Wildman–Crippen LogP) is -12.5. The molecule has 25 N–H and O–H groups in total. The van der Waals surface area contributed by atoms with Crippen LogP contribution in [0.3, 0.4) is 0 Å². The van der Waals surface area contributed by atoms with Crippen LogP contribution in [-0.4, -0.2) is 311 Å². The van der Waals surface area contributed by atoms with Crippen LogP contribution in [0, 0.1) is 5.92 Å². The highest BCUT2D eigenvalue weighted by molar-refractivity contribution is 5.98. The number of nitrogens with two attached hydrogens (primary N) is 2. The first-order chi connectivity index (χ1) is 45.5. The van der Waals surface area contributed by atoms with E-state index in [0.717, 1.165) is 4.90 Å². The summed E-state index contributed by atoms with van der Waals surface area (Å²) in [6.45, 7) is 0.532. The number of guanidine groups is 1. The zero-order valence-electron chi connectivity index (χ0n) is 52.1. The van der Waals surface area contributed by atoms with Gasteiger partial charge in [0.15, 0.2) is 24.6 Å². The van der Waals surface area contributed by atoms with E-state index in [9.17, 15) is 90.4 Å². The quantitative estimate of drug-likeness (QED) is 0.0581. The Morgan fingerprint density at radius 1 is 0.635 bits per heavy atom. The largest absolute Gasteiger partial charge is 0.462 e. The third-order valence-electron chi connectivity index (χ3n) is 17.2. The zero-order chi connectivity index (χ0) is 70.1. The molecule has 6 aliphatic rings. The Kier molecular flexibility index (Phi) is 25.7. The average Bonchev–Trinajstić information content (AvgIpc) is 1.47. The first-order valence-corrected chi connectivity index (χ1v) is 30.9. The number of ether oxygens (including phenoxy) is 6. The number of rotatable bonds is 19. The van der Waals surface area contributed by atoms with Gasteiger partial charge in [0.25, 0.3) is 0 Å². The van der Waals surface area contributed by atoms with Gasteiger partial charge in [-0.05, 0) is 29.2 Å². The number of nitrogens with one attached hydrogen (secondary N) is 8. The van der Waals surface area contributed by atoms with Gasteiger partial charge < -0.3 is 143 Å². The minimum absolute atomic E-state index is 0.0847. The summed E-state index contributed by atoms with van der Waals surface area (Å²) in [4.78, 5) is 105.